The Morgan fingerprint density at radius 3 is 2.55 bits per heavy atom. The Balaban J connectivity index is 1.70. The van der Waals surface area contributed by atoms with Crippen molar-refractivity contribution < 1.29 is 24.4 Å². The van der Waals surface area contributed by atoms with Gasteiger partial charge in [0.25, 0.3) is 13.3 Å². The molecule has 1 amide bonds. The summed E-state index contributed by atoms with van der Waals surface area (Å²) in [6, 6.07) is 8.22. The van der Waals surface area contributed by atoms with Crippen LogP contribution in [0.1, 0.15) is 10.4 Å². The fourth-order valence-electron chi connectivity index (χ4n) is 2.98. The summed E-state index contributed by atoms with van der Waals surface area (Å²) in [5, 5.41) is 20.3. The quantitative estimate of drug-likeness (QED) is 0.331. The number of hydrogen-bond acceptors (Lipinski definition) is 9. The van der Waals surface area contributed by atoms with E-state index in [1.54, 1.807) is 41.5 Å². The van der Waals surface area contributed by atoms with Gasteiger partial charge < -0.3 is 4.90 Å². The highest BCUT2D eigenvalue weighted by Crippen LogP contribution is 2.45. The number of carbonyl (C=O) groups is 1. The summed E-state index contributed by atoms with van der Waals surface area (Å²) in [5.41, 5.74) is 2.83. The maximum atomic E-state index is 12.9. The van der Waals surface area contributed by atoms with Crippen LogP contribution in [0.4, 0.5) is 11.4 Å². The normalized spacial score (nSPS) is 17.1. The molecule has 3 rings (SSSR count). The third-order valence-corrected chi connectivity index (χ3v) is 8.49. The predicted molar refractivity (Wildman–Crippen MR) is 117 cm³/mol. The second-order valence-electron chi connectivity index (χ2n) is 6.41. The SMILES string of the molecule is CP(=O)(ON1CCN(c2ccc(N(O)P)cc2C(=O)NO)CC1)c1ccc(Cl)s1. The molecule has 1 fully saturated rings. The Labute approximate surface area is 179 Å². The monoisotopic (exact) mass is 478 g/mol. The summed E-state index contributed by atoms with van der Waals surface area (Å²) in [6.45, 7) is 3.52. The third kappa shape index (κ3) is 5.29. The zero-order chi connectivity index (χ0) is 21.2. The average molecular weight is 479 g/mol. The van der Waals surface area contributed by atoms with E-state index in [4.69, 9.17) is 21.4 Å². The topological polar surface area (TPSA) is 106 Å². The van der Waals surface area contributed by atoms with E-state index in [2.05, 4.69) is 9.39 Å². The van der Waals surface area contributed by atoms with Gasteiger partial charge in [0.2, 0.25) is 0 Å². The van der Waals surface area contributed by atoms with E-state index in [9.17, 15) is 14.6 Å². The molecule has 0 aliphatic carbocycles. The predicted octanol–water partition coefficient (Wildman–Crippen LogP) is 2.79. The molecule has 0 spiro atoms. The molecule has 1 aromatic carbocycles. The van der Waals surface area contributed by atoms with Gasteiger partial charge in [-0.25, -0.2) is 14.9 Å². The number of nitrogens with zero attached hydrogens (tertiary/aromatic N) is 3. The van der Waals surface area contributed by atoms with Crippen LogP contribution < -0.4 is 19.8 Å². The Morgan fingerprint density at radius 1 is 1.31 bits per heavy atom. The van der Waals surface area contributed by atoms with Crippen molar-refractivity contribution in [1.82, 2.24) is 10.5 Å². The number of piperazine rings is 1. The second-order valence-corrected chi connectivity index (χ2v) is 11.3. The second kappa shape index (κ2) is 9.29. The average Bonchev–Trinajstić information content (AvgIpc) is 3.14. The summed E-state index contributed by atoms with van der Waals surface area (Å²) in [5.74, 6) is -0.681. The zero-order valence-electron chi connectivity index (χ0n) is 15.5. The van der Waals surface area contributed by atoms with Crippen molar-refractivity contribution >= 4 is 61.6 Å². The fraction of sp³-hybridized carbons (Fsp3) is 0.312. The molecule has 3 N–H and O–H groups in total. The minimum absolute atomic E-state index is 0.218. The van der Waals surface area contributed by atoms with Gasteiger partial charge in [-0.2, -0.15) is 5.06 Å². The lowest BCUT2D eigenvalue weighted by Gasteiger charge is -2.36. The highest BCUT2D eigenvalue weighted by Gasteiger charge is 2.29. The van der Waals surface area contributed by atoms with Crippen LogP contribution in [0.25, 0.3) is 0 Å². The summed E-state index contributed by atoms with van der Waals surface area (Å²) in [6.07, 6.45) is 0. The molecule has 2 atom stereocenters. The van der Waals surface area contributed by atoms with Crippen LogP contribution >= 0.6 is 39.7 Å². The summed E-state index contributed by atoms with van der Waals surface area (Å²) in [7, 11) is -0.939. The molecule has 1 saturated heterocycles. The first kappa shape index (κ1) is 22.5. The van der Waals surface area contributed by atoms with Gasteiger partial charge in [0.15, 0.2) is 0 Å². The number of hydroxylamine groups is 3. The standard InChI is InChI=1S/C16H21ClN4O5P2S/c1-28(25,15-5-4-14(17)29-15)26-20-8-6-19(7-9-20)13-3-2-11(21(24)27)10-12(13)16(22)18-23/h2-5,10,23-24H,6-9,27H2,1H3,(H,18,22). The smallest absolute Gasteiger partial charge is 0.276 e. The van der Waals surface area contributed by atoms with E-state index in [0.29, 0.717) is 46.5 Å². The minimum Gasteiger partial charge on any atom is -0.368 e. The molecular formula is C16H21ClN4O5P2S. The fourth-order valence-corrected chi connectivity index (χ4v) is 6.17. The van der Waals surface area contributed by atoms with E-state index < -0.39 is 13.3 Å². The molecule has 13 heteroatoms. The number of amides is 1. The molecule has 0 radical (unpaired) electrons. The van der Waals surface area contributed by atoms with Gasteiger partial charge in [0, 0.05) is 38.5 Å². The van der Waals surface area contributed by atoms with Crippen LogP contribution in [0, 0.1) is 0 Å². The zero-order valence-corrected chi connectivity index (χ0v) is 19.1. The highest BCUT2D eigenvalue weighted by molar-refractivity contribution is 7.72. The van der Waals surface area contributed by atoms with Gasteiger partial charge in [0.05, 0.1) is 20.2 Å². The van der Waals surface area contributed by atoms with E-state index in [-0.39, 0.29) is 5.56 Å². The molecule has 2 aromatic rings. The van der Waals surface area contributed by atoms with E-state index >= 15 is 0 Å². The molecule has 1 aliphatic heterocycles. The van der Waals surface area contributed by atoms with Crippen molar-refractivity contribution in [2.75, 3.05) is 42.6 Å². The first-order chi connectivity index (χ1) is 13.7. The molecule has 0 saturated carbocycles. The lowest BCUT2D eigenvalue weighted by atomic mass is 10.1. The number of carbonyl (C=O) groups excluding carboxylic acids is 1. The first-order valence-electron chi connectivity index (χ1n) is 8.56. The van der Waals surface area contributed by atoms with Crippen molar-refractivity contribution in [3.05, 3.63) is 40.2 Å². The Bertz CT molecular complexity index is 936. The third-order valence-electron chi connectivity index (χ3n) is 4.40. The van der Waals surface area contributed by atoms with Crippen molar-refractivity contribution in [3.8, 4) is 0 Å². The van der Waals surface area contributed by atoms with Crippen molar-refractivity contribution in [1.29, 1.82) is 0 Å². The van der Waals surface area contributed by atoms with E-state index in [1.165, 1.54) is 17.4 Å². The number of thiophene rings is 1. The van der Waals surface area contributed by atoms with Crippen LogP contribution in [0.5, 0.6) is 0 Å². The molecule has 1 aliphatic rings. The molecule has 0 bridgehead atoms. The maximum Gasteiger partial charge on any atom is 0.276 e. The van der Waals surface area contributed by atoms with Gasteiger partial charge in [0.1, 0.15) is 0 Å². The van der Waals surface area contributed by atoms with Crippen molar-refractivity contribution in [3.63, 3.8) is 0 Å². The summed E-state index contributed by atoms with van der Waals surface area (Å²) < 4.78 is 19.8. The Hall–Kier alpha value is -1.22. The highest BCUT2D eigenvalue weighted by atomic mass is 35.5. The molecule has 1 aromatic heterocycles. The van der Waals surface area contributed by atoms with Crippen LogP contribution in [0.3, 0.4) is 0 Å². The van der Waals surface area contributed by atoms with Crippen molar-refractivity contribution in [2.24, 2.45) is 0 Å². The number of anilines is 2. The number of nitrogens with one attached hydrogen (secondary N) is 1. The number of halogens is 1. The largest absolute Gasteiger partial charge is 0.368 e. The molecule has 29 heavy (non-hydrogen) atoms. The molecule has 2 heterocycles. The van der Waals surface area contributed by atoms with E-state index in [1.807, 2.05) is 4.90 Å². The summed E-state index contributed by atoms with van der Waals surface area (Å²) >= 11 is 7.17. The molecule has 158 valence electrons. The van der Waals surface area contributed by atoms with Gasteiger partial charge in [-0.05, 0) is 39.7 Å². The Morgan fingerprint density at radius 2 is 2.00 bits per heavy atom. The lowest BCUT2D eigenvalue weighted by Crippen LogP contribution is -2.46. The van der Waals surface area contributed by atoms with Crippen LogP contribution in [0.15, 0.2) is 30.3 Å². The van der Waals surface area contributed by atoms with Crippen LogP contribution in [-0.4, -0.2) is 54.2 Å². The number of benzene rings is 1. The summed E-state index contributed by atoms with van der Waals surface area (Å²) in [4.78, 5) is 14.9. The van der Waals surface area contributed by atoms with Gasteiger partial charge in [-0.1, -0.05) is 11.6 Å². The number of hydrogen-bond donors (Lipinski definition) is 3. The van der Waals surface area contributed by atoms with Crippen LogP contribution in [-0.2, 0) is 9.19 Å². The Kier molecular flexibility index (Phi) is 7.19. The van der Waals surface area contributed by atoms with Gasteiger partial charge >= 0.3 is 0 Å². The number of rotatable bonds is 6. The van der Waals surface area contributed by atoms with Crippen molar-refractivity contribution in [2.45, 2.75) is 0 Å². The van der Waals surface area contributed by atoms with Gasteiger partial charge in [-0.15, -0.1) is 11.3 Å². The maximum absolute atomic E-state index is 12.9. The minimum atomic E-state index is -3.02. The van der Waals surface area contributed by atoms with Crippen LogP contribution in [0.2, 0.25) is 4.34 Å². The molecular weight excluding hydrogens is 458 g/mol. The first-order valence-corrected chi connectivity index (χ1v) is 12.3. The van der Waals surface area contributed by atoms with E-state index in [0.717, 1.165) is 4.83 Å². The molecule has 9 nitrogen and oxygen atoms in total. The molecule has 2 unspecified atom stereocenters. The lowest BCUT2D eigenvalue weighted by molar-refractivity contribution is -0.0564. The van der Waals surface area contributed by atoms with Gasteiger partial charge in [-0.3, -0.25) is 19.8 Å².